The molecule has 26 heavy (non-hydrogen) atoms. The highest BCUT2D eigenvalue weighted by atomic mass is 19.1. The molecule has 0 spiro atoms. The van der Waals surface area contributed by atoms with Crippen LogP contribution in [0.4, 0.5) is 20.6 Å². The molecule has 2 aliphatic heterocycles. The van der Waals surface area contributed by atoms with Crippen molar-refractivity contribution < 1.29 is 13.9 Å². The largest absolute Gasteiger partial charge is 0.443 e. The number of fused-ring (bicyclic) bond motifs is 1. The smallest absolute Gasteiger partial charge is 0.414 e. The molecule has 0 aliphatic carbocycles. The van der Waals surface area contributed by atoms with Gasteiger partial charge in [0, 0.05) is 37.8 Å². The Hall–Kier alpha value is -2.74. The molecule has 0 saturated carbocycles. The van der Waals surface area contributed by atoms with Gasteiger partial charge in [-0.3, -0.25) is 4.90 Å². The van der Waals surface area contributed by atoms with Crippen molar-refractivity contribution in [2.75, 3.05) is 36.5 Å². The zero-order valence-corrected chi connectivity index (χ0v) is 14.5. The van der Waals surface area contributed by atoms with Gasteiger partial charge in [-0.05, 0) is 25.2 Å². The summed E-state index contributed by atoms with van der Waals surface area (Å²) in [6, 6.07) is 4.88. The molecule has 1 amide bonds. The number of benzene rings is 1. The third-order valence-corrected chi connectivity index (χ3v) is 4.75. The number of hydrogen-bond acceptors (Lipinski definition) is 6. The predicted molar refractivity (Wildman–Crippen MR) is 94.7 cm³/mol. The van der Waals surface area contributed by atoms with E-state index in [0.717, 1.165) is 17.7 Å². The lowest BCUT2D eigenvalue weighted by atomic mass is 10.1. The Bertz CT molecular complexity index is 831. The minimum Gasteiger partial charge on any atom is -0.443 e. The van der Waals surface area contributed by atoms with Gasteiger partial charge in [-0.25, -0.2) is 19.2 Å². The number of halogens is 1. The van der Waals surface area contributed by atoms with Gasteiger partial charge in [0.25, 0.3) is 0 Å². The second-order valence-corrected chi connectivity index (χ2v) is 6.48. The summed E-state index contributed by atoms with van der Waals surface area (Å²) in [5.74, 6) is -0.354. The molecule has 8 heteroatoms. The first-order valence-corrected chi connectivity index (χ1v) is 8.60. The molecule has 4 rings (SSSR count). The molecule has 1 N–H and O–H groups in total. The minimum absolute atomic E-state index is 0.228. The number of nitrogens with one attached hydrogen (secondary N) is 1. The Morgan fingerprint density at radius 2 is 2.31 bits per heavy atom. The lowest BCUT2D eigenvalue weighted by Crippen LogP contribution is -2.32. The van der Waals surface area contributed by atoms with E-state index in [9.17, 15) is 9.18 Å². The highest BCUT2D eigenvalue weighted by molar-refractivity contribution is 5.90. The van der Waals surface area contributed by atoms with Crippen LogP contribution < -0.4 is 15.1 Å². The molecule has 1 fully saturated rings. The molecule has 2 aromatic rings. The van der Waals surface area contributed by atoms with Gasteiger partial charge in [-0.2, -0.15) is 0 Å². The van der Waals surface area contributed by atoms with Crippen LogP contribution in [-0.4, -0.2) is 48.8 Å². The van der Waals surface area contributed by atoms with E-state index in [1.165, 1.54) is 11.0 Å². The van der Waals surface area contributed by atoms with Crippen molar-refractivity contribution in [3.8, 4) is 0 Å². The zero-order valence-electron chi connectivity index (χ0n) is 14.5. The Morgan fingerprint density at radius 3 is 3.12 bits per heavy atom. The van der Waals surface area contributed by atoms with E-state index in [2.05, 4.69) is 15.3 Å². The number of hydrogen-bond donors (Lipinski definition) is 1. The lowest BCUT2D eigenvalue weighted by molar-refractivity contribution is 0.141. The summed E-state index contributed by atoms with van der Waals surface area (Å²) in [7, 11) is 1.80. The van der Waals surface area contributed by atoms with Crippen LogP contribution in [0.3, 0.4) is 0 Å². The fourth-order valence-electron chi connectivity index (χ4n) is 3.46. The van der Waals surface area contributed by atoms with Crippen molar-refractivity contribution in [3.05, 3.63) is 47.8 Å². The lowest BCUT2D eigenvalue weighted by Gasteiger charge is -2.30. The van der Waals surface area contributed by atoms with Crippen LogP contribution in [0.2, 0.25) is 0 Å². The Morgan fingerprint density at radius 1 is 1.42 bits per heavy atom. The van der Waals surface area contributed by atoms with Gasteiger partial charge in [0.05, 0.1) is 23.6 Å². The van der Waals surface area contributed by atoms with E-state index in [-0.39, 0.29) is 11.9 Å². The topological polar surface area (TPSA) is 70.6 Å². The Balaban J connectivity index is 1.53. The summed E-state index contributed by atoms with van der Waals surface area (Å²) in [5, 5.41) is 2.98. The summed E-state index contributed by atoms with van der Waals surface area (Å²) in [6.07, 6.45) is 3.40. The van der Waals surface area contributed by atoms with Crippen LogP contribution >= 0.6 is 0 Å². The summed E-state index contributed by atoms with van der Waals surface area (Å²) in [4.78, 5) is 23.8. The van der Waals surface area contributed by atoms with Crippen LogP contribution in [0.25, 0.3) is 0 Å². The van der Waals surface area contributed by atoms with Crippen LogP contribution in [0.5, 0.6) is 0 Å². The molecule has 3 heterocycles. The third-order valence-electron chi connectivity index (χ3n) is 4.75. The summed E-state index contributed by atoms with van der Waals surface area (Å²) in [6.45, 7) is 2.24. The number of amides is 1. The third kappa shape index (κ3) is 3.08. The van der Waals surface area contributed by atoms with Crippen molar-refractivity contribution in [3.63, 3.8) is 0 Å². The van der Waals surface area contributed by atoms with Gasteiger partial charge in [0.15, 0.2) is 0 Å². The molecule has 1 atom stereocenters. The van der Waals surface area contributed by atoms with Gasteiger partial charge in [0.2, 0.25) is 0 Å². The average molecular weight is 357 g/mol. The molecular formula is C18H20FN5O2. The SMILES string of the molecule is CNCC1CN(c2ccc(N3CCc4ncncc4C3)c(F)c2)C(=O)O1. The van der Waals surface area contributed by atoms with Gasteiger partial charge in [-0.1, -0.05) is 0 Å². The number of carbonyl (C=O) groups is 1. The molecule has 1 saturated heterocycles. The van der Waals surface area contributed by atoms with E-state index in [0.29, 0.717) is 37.6 Å². The number of rotatable bonds is 4. The maximum Gasteiger partial charge on any atom is 0.414 e. The average Bonchev–Trinajstić information content (AvgIpc) is 3.02. The minimum atomic E-state index is -0.443. The molecule has 1 aromatic carbocycles. The van der Waals surface area contributed by atoms with E-state index >= 15 is 0 Å². The maximum absolute atomic E-state index is 14.8. The molecule has 2 aliphatic rings. The summed E-state index contributed by atoms with van der Waals surface area (Å²) >= 11 is 0. The summed E-state index contributed by atoms with van der Waals surface area (Å²) < 4.78 is 20.0. The number of anilines is 2. The van der Waals surface area contributed by atoms with E-state index in [1.54, 1.807) is 31.7 Å². The monoisotopic (exact) mass is 357 g/mol. The van der Waals surface area contributed by atoms with Crippen molar-refractivity contribution >= 4 is 17.5 Å². The molecular weight excluding hydrogens is 337 g/mol. The summed E-state index contributed by atoms with van der Waals surface area (Å²) in [5.41, 5.74) is 3.06. The predicted octanol–water partition coefficient (Wildman–Crippen LogP) is 1.72. The zero-order chi connectivity index (χ0) is 18.1. The van der Waals surface area contributed by atoms with Crippen molar-refractivity contribution in [2.24, 2.45) is 0 Å². The normalized spacial score (nSPS) is 19.5. The molecule has 7 nitrogen and oxygen atoms in total. The second-order valence-electron chi connectivity index (χ2n) is 6.48. The molecule has 1 unspecified atom stereocenters. The highest BCUT2D eigenvalue weighted by Crippen LogP contribution is 2.30. The standard InChI is InChI=1S/C18H20FN5O2/c1-20-8-14-10-24(18(25)26-14)13-2-3-17(15(19)6-13)23-5-4-16-12(9-23)7-21-11-22-16/h2-3,6-7,11,14,20H,4-5,8-10H2,1H3. The maximum atomic E-state index is 14.8. The van der Waals surface area contributed by atoms with Crippen molar-refractivity contribution in [1.29, 1.82) is 0 Å². The Kier molecular flexibility index (Phi) is 4.42. The number of aromatic nitrogens is 2. The van der Waals surface area contributed by atoms with Crippen molar-refractivity contribution in [2.45, 2.75) is 19.1 Å². The van der Waals surface area contributed by atoms with Gasteiger partial charge in [-0.15, -0.1) is 0 Å². The fourth-order valence-corrected chi connectivity index (χ4v) is 3.46. The quantitative estimate of drug-likeness (QED) is 0.899. The van der Waals surface area contributed by atoms with E-state index < -0.39 is 6.09 Å². The highest BCUT2D eigenvalue weighted by Gasteiger charge is 2.32. The van der Waals surface area contributed by atoms with Crippen LogP contribution in [0.1, 0.15) is 11.3 Å². The molecule has 136 valence electrons. The van der Waals surface area contributed by atoms with Gasteiger partial charge in [0.1, 0.15) is 18.2 Å². The molecule has 0 bridgehead atoms. The number of likely N-dealkylation sites (N-methyl/N-ethyl adjacent to an activating group) is 1. The van der Waals surface area contributed by atoms with E-state index in [4.69, 9.17) is 4.74 Å². The van der Waals surface area contributed by atoms with Crippen LogP contribution in [-0.2, 0) is 17.7 Å². The van der Waals surface area contributed by atoms with Gasteiger partial charge >= 0.3 is 6.09 Å². The second kappa shape index (κ2) is 6.87. The first kappa shape index (κ1) is 16.7. The number of nitrogens with zero attached hydrogens (tertiary/aromatic N) is 4. The first-order valence-electron chi connectivity index (χ1n) is 8.60. The molecule has 1 aromatic heterocycles. The Labute approximate surface area is 150 Å². The van der Waals surface area contributed by atoms with E-state index in [1.807, 2.05) is 4.90 Å². The first-order chi connectivity index (χ1) is 12.7. The van der Waals surface area contributed by atoms with Crippen molar-refractivity contribution in [1.82, 2.24) is 15.3 Å². The number of carbonyl (C=O) groups excluding carboxylic acids is 1. The number of cyclic esters (lactones) is 1. The fraction of sp³-hybridized carbons (Fsp3) is 0.389. The van der Waals surface area contributed by atoms with Gasteiger partial charge < -0.3 is 15.0 Å². The molecule has 0 radical (unpaired) electrons. The van der Waals surface area contributed by atoms with Crippen LogP contribution in [0, 0.1) is 5.82 Å². The van der Waals surface area contributed by atoms with Crippen LogP contribution in [0.15, 0.2) is 30.7 Å². The number of ether oxygens (including phenoxy) is 1.